The van der Waals surface area contributed by atoms with Crippen molar-refractivity contribution in [2.75, 3.05) is 111 Å². The number of rotatable bonds is 15. The Labute approximate surface area is 302 Å². The number of unbranched alkanes of at least 4 members (excludes halogenated alkanes) is 1. The molecule has 2 bridgehead atoms. The number of carboxylic acids is 3. The van der Waals surface area contributed by atoms with Crippen LogP contribution in [0.25, 0.3) is 0 Å². The van der Waals surface area contributed by atoms with Gasteiger partial charge in [0.2, 0.25) is 5.91 Å². The van der Waals surface area contributed by atoms with Gasteiger partial charge in [-0.15, -0.1) is 0 Å². The molecule has 2 aliphatic rings. The number of carbonyl (C=O) groups is 4. The van der Waals surface area contributed by atoms with Crippen LogP contribution in [0.15, 0.2) is 12.1 Å². The third kappa shape index (κ3) is 19.8. The van der Waals surface area contributed by atoms with Gasteiger partial charge >= 0.3 is 17.9 Å². The van der Waals surface area contributed by atoms with Crippen molar-refractivity contribution in [3.8, 4) is 0 Å². The molecule has 1 fully saturated rings. The van der Waals surface area contributed by atoms with Gasteiger partial charge < -0.3 is 41.5 Å². The summed E-state index contributed by atoms with van der Waals surface area (Å²) in [6.07, 6.45) is 5.91. The highest BCUT2D eigenvalue weighted by molar-refractivity contribution is 5.75. The normalized spacial score (nSPS) is 18.9. The largest absolute Gasteiger partial charge is 0.480 e. The van der Waals surface area contributed by atoms with E-state index >= 15 is 0 Å². The maximum atomic E-state index is 12.6. The van der Waals surface area contributed by atoms with Crippen LogP contribution in [0.5, 0.6) is 0 Å². The molecule has 0 aliphatic carbocycles. The molecule has 1 amide bonds. The van der Waals surface area contributed by atoms with Crippen molar-refractivity contribution in [2.24, 2.45) is 0 Å². The molecule has 3 rings (SSSR count). The average Bonchev–Trinajstić information content (AvgIpc) is 3.06. The molecule has 1 aromatic heterocycles. The number of amides is 1. The van der Waals surface area contributed by atoms with Crippen LogP contribution in [-0.2, 0) is 38.7 Å². The topological polar surface area (TPSA) is 203 Å². The predicted octanol–water partition coefficient (Wildman–Crippen LogP) is -0.661. The maximum Gasteiger partial charge on any atom is 0.317 e. The first-order valence-electron chi connectivity index (χ1n) is 18.6. The van der Waals surface area contributed by atoms with Gasteiger partial charge in [0.25, 0.3) is 0 Å². The molecule has 16 nitrogen and oxygen atoms in total. The average molecular weight is 720 g/mol. The number of fused-ring (bicyclic) bond motifs is 2. The van der Waals surface area contributed by atoms with Crippen LogP contribution in [0.1, 0.15) is 55.5 Å². The van der Waals surface area contributed by atoms with Gasteiger partial charge in [0.15, 0.2) is 0 Å². The van der Waals surface area contributed by atoms with Crippen molar-refractivity contribution in [2.45, 2.75) is 58.0 Å². The standard InChI is InChI=1S/C35H61N9O7/c45-32(7-1-2-15-41-16-5-10-37-13-12-36-8-4-9-38-14-17-41)39-11-3-6-29-22-30-24-43(27-34(48)49)20-18-42(26-33(46)47)19-21-44(28-35(50)51)25-31(23-29)40-30/h22-23,36-38H,1-21,24-28H2,(H,39,45)(H,46,47)(H,48,49)(H,50,51). The molecule has 0 aromatic carbocycles. The Kier molecular flexibility index (Phi) is 20.5. The number of aliphatic carboxylic acids is 3. The van der Waals surface area contributed by atoms with E-state index in [9.17, 15) is 34.5 Å². The van der Waals surface area contributed by atoms with Gasteiger partial charge in [-0.05, 0) is 88.9 Å². The van der Waals surface area contributed by atoms with E-state index in [4.69, 9.17) is 4.98 Å². The second-order valence-corrected chi connectivity index (χ2v) is 13.5. The summed E-state index contributed by atoms with van der Waals surface area (Å²) >= 11 is 0. The molecular formula is C35H61N9O7. The van der Waals surface area contributed by atoms with E-state index in [2.05, 4.69) is 26.2 Å². The molecule has 1 saturated heterocycles. The Morgan fingerprint density at radius 1 is 0.627 bits per heavy atom. The first-order valence-corrected chi connectivity index (χ1v) is 18.6. The third-order valence-corrected chi connectivity index (χ3v) is 9.01. The molecule has 1 aromatic rings. The van der Waals surface area contributed by atoms with Crippen LogP contribution in [0, 0.1) is 0 Å². The highest BCUT2D eigenvalue weighted by atomic mass is 16.4. The number of hydrogen-bond donors (Lipinski definition) is 7. The lowest BCUT2D eigenvalue weighted by atomic mass is 10.1. The summed E-state index contributed by atoms with van der Waals surface area (Å²) in [5, 5.41) is 42.0. The van der Waals surface area contributed by atoms with Gasteiger partial charge in [-0.1, -0.05) is 0 Å². The summed E-state index contributed by atoms with van der Waals surface area (Å²) in [6, 6.07) is 3.87. The number of carboxylic acid groups (broad SMARTS) is 3. The van der Waals surface area contributed by atoms with E-state index in [1.54, 1.807) is 14.7 Å². The van der Waals surface area contributed by atoms with Crippen LogP contribution < -0.4 is 21.3 Å². The number of pyridine rings is 1. The fourth-order valence-electron chi connectivity index (χ4n) is 6.44. The van der Waals surface area contributed by atoms with Crippen molar-refractivity contribution in [1.82, 2.24) is 45.9 Å². The Hall–Kier alpha value is -3.25. The van der Waals surface area contributed by atoms with Crippen molar-refractivity contribution in [3.05, 3.63) is 29.1 Å². The molecule has 0 radical (unpaired) electrons. The Bertz CT molecular complexity index is 1150. The van der Waals surface area contributed by atoms with E-state index in [1.807, 2.05) is 12.1 Å². The zero-order valence-electron chi connectivity index (χ0n) is 30.3. The molecule has 0 spiro atoms. The molecule has 16 heteroatoms. The number of hydrogen-bond acceptors (Lipinski definition) is 12. The molecule has 51 heavy (non-hydrogen) atoms. The van der Waals surface area contributed by atoms with Gasteiger partial charge in [-0.3, -0.25) is 38.9 Å². The van der Waals surface area contributed by atoms with E-state index in [1.165, 1.54) is 0 Å². The Balaban J connectivity index is 1.49. The van der Waals surface area contributed by atoms with E-state index in [0.29, 0.717) is 63.4 Å². The molecule has 3 heterocycles. The monoisotopic (exact) mass is 719 g/mol. The van der Waals surface area contributed by atoms with Crippen LogP contribution in [-0.4, -0.2) is 175 Å². The summed E-state index contributed by atoms with van der Waals surface area (Å²) < 4.78 is 0. The quantitative estimate of drug-likeness (QED) is 0.113. The van der Waals surface area contributed by atoms with Crippen molar-refractivity contribution >= 4 is 23.8 Å². The zero-order chi connectivity index (χ0) is 36.7. The second kappa shape index (κ2) is 24.9. The fraction of sp³-hybridized carbons (Fsp3) is 0.743. The number of carbonyl (C=O) groups excluding carboxylic acids is 1. The van der Waals surface area contributed by atoms with Gasteiger partial charge in [-0.2, -0.15) is 0 Å². The summed E-state index contributed by atoms with van der Waals surface area (Å²) in [4.78, 5) is 59.8. The van der Waals surface area contributed by atoms with Gasteiger partial charge in [0.05, 0.1) is 31.0 Å². The molecule has 288 valence electrons. The highest BCUT2D eigenvalue weighted by Gasteiger charge is 2.20. The lowest BCUT2D eigenvalue weighted by Crippen LogP contribution is -2.44. The van der Waals surface area contributed by atoms with E-state index in [0.717, 1.165) is 90.1 Å². The lowest BCUT2D eigenvalue weighted by Gasteiger charge is -2.29. The Morgan fingerprint density at radius 3 is 1.78 bits per heavy atom. The minimum atomic E-state index is -1.00. The molecule has 0 atom stereocenters. The summed E-state index contributed by atoms with van der Waals surface area (Å²) in [6.45, 7) is 10.7. The molecule has 2 aliphatic heterocycles. The van der Waals surface area contributed by atoms with E-state index < -0.39 is 17.9 Å². The van der Waals surface area contributed by atoms with Crippen LogP contribution in [0.3, 0.4) is 0 Å². The molecular weight excluding hydrogens is 658 g/mol. The van der Waals surface area contributed by atoms with Gasteiger partial charge in [0, 0.05) is 78.4 Å². The minimum Gasteiger partial charge on any atom is -0.480 e. The summed E-state index contributed by atoms with van der Waals surface area (Å²) in [7, 11) is 0. The SMILES string of the molecule is O=C(O)CN1CCN(CC(=O)O)Cc2cc(CCCNC(=O)CCCCN3CCCNCCNCCCNCC3)cc(n2)CN(CC(=O)O)CC1. The summed E-state index contributed by atoms with van der Waals surface area (Å²) in [5.74, 6) is -2.93. The number of nitrogens with one attached hydrogen (secondary N) is 4. The van der Waals surface area contributed by atoms with Crippen LogP contribution in [0.2, 0.25) is 0 Å². The number of nitrogens with zero attached hydrogens (tertiary/aromatic N) is 5. The smallest absolute Gasteiger partial charge is 0.317 e. The zero-order valence-corrected chi connectivity index (χ0v) is 30.3. The lowest BCUT2D eigenvalue weighted by molar-refractivity contribution is -0.140. The maximum absolute atomic E-state index is 12.6. The summed E-state index contributed by atoms with van der Waals surface area (Å²) in [5.41, 5.74) is 2.32. The Morgan fingerprint density at radius 2 is 1.18 bits per heavy atom. The number of aromatic nitrogens is 1. The van der Waals surface area contributed by atoms with Crippen molar-refractivity contribution in [3.63, 3.8) is 0 Å². The number of aryl methyl sites for hydroxylation is 1. The minimum absolute atomic E-state index is 0.0478. The van der Waals surface area contributed by atoms with Crippen LogP contribution >= 0.6 is 0 Å². The molecule has 0 saturated carbocycles. The molecule has 7 N–H and O–H groups in total. The first kappa shape index (κ1) is 42.2. The second-order valence-electron chi connectivity index (χ2n) is 13.5. The highest BCUT2D eigenvalue weighted by Crippen LogP contribution is 2.14. The molecule has 0 unspecified atom stereocenters. The van der Waals surface area contributed by atoms with Gasteiger partial charge in [-0.25, -0.2) is 0 Å². The third-order valence-electron chi connectivity index (χ3n) is 9.01. The van der Waals surface area contributed by atoms with Crippen LogP contribution in [0.4, 0.5) is 0 Å². The van der Waals surface area contributed by atoms with Crippen molar-refractivity contribution < 1.29 is 34.5 Å². The fourth-order valence-corrected chi connectivity index (χ4v) is 6.44. The predicted molar refractivity (Wildman–Crippen MR) is 194 cm³/mol. The van der Waals surface area contributed by atoms with E-state index in [-0.39, 0.29) is 38.6 Å². The van der Waals surface area contributed by atoms with Gasteiger partial charge in [0.1, 0.15) is 0 Å². The van der Waals surface area contributed by atoms with Crippen molar-refractivity contribution in [1.29, 1.82) is 0 Å². The first-order chi connectivity index (χ1) is 24.7.